The molecule has 1 aromatic carbocycles. The van der Waals surface area contributed by atoms with Crippen molar-refractivity contribution in [3.63, 3.8) is 0 Å². The number of rotatable bonds is 6. The normalized spacial score (nSPS) is 11.7. The summed E-state index contributed by atoms with van der Waals surface area (Å²) in [5.41, 5.74) is 9.40. The molecule has 0 saturated carbocycles. The minimum Gasteiger partial charge on any atom is -0.308 e. The van der Waals surface area contributed by atoms with E-state index in [1.165, 1.54) is 16.7 Å². The Morgan fingerprint density at radius 3 is 2.17 bits per heavy atom. The Labute approximate surface area is 192 Å². The van der Waals surface area contributed by atoms with Crippen LogP contribution in [0.4, 0.5) is 0 Å². The van der Waals surface area contributed by atoms with E-state index < -0.39 is 0 Å². The maximum absolute atomic E-state index is 9.02. The molecule has 4 rings (SSSR count). The SMILES string of the molecule is CCCC(CCC)n1c(=N)c2cc(-c3c(C)cc(Br)cc3C)c3nc(C)cc1n32.Cl. The van der Waals surface area contributed by atoms with Crippen molar-refractivity contribution in [1.29, 1.82) is 5.41 Å². The van der Waals surface area contributed by atoms with Crippen molar-refractivity contribution < 1.29 is 0 Å². The third-order valence-electron chi connectivity index (χ3n) is 5.93. The summed E-state index contributed by atoms with van der Waals surface area (Å²) in [6, 6.07) is 8.99. The lowest BCUT2D eigenvalue weighted by Gasteiger charge is -2.19. The predicted molar refractivity (Wildman–Crippen MR) is 131 cm³/mol. The van der Waals surface area contributed by atoms with Gasteiger partial charge in [-0.05, 0) is 68.5 Å². The molecule has 3 aromatic heterocycles. The van der Waals surface area contributed by atoms with Crippen LogP contribution in [0.2, 0.25) is 0 Å². The Balaban J connectivity index is 0.00000256. The molecule has 0 bridgehead atoms. The second kappa shape index (κ2) is 8.72. The van der Waals surface area contributed by atoms with E-state index in [-0.39, 0.29) is 12.4 Å². The van der Waals surface area contributed by atoms with Gasteiger partial charge in [-0.25, -0.2) is 4.98 Å². The first-order valence-corrected chi connectivity index (χ1v) is 11.3. The topological polar surface area (TPSA) is 46.1 Å². The number of halogens is 2. The van der Waals surface area contributed by atoms with Gasteiger partial charge in [0.25, 0.3) is 0 Å². The van der Waals surface area contributed by atoms with E-state index in [2.05, 4.69) is 83.8 Å². The van der Waals surface area contributed by atoms with Crippen molar-refractivity contribution in [1.82, 2.24) is 14.0 Å². The molecule has 3 heterocycles. The van der Waals surface area contributed by atoms with Crippen molar-refractivity contribution in [2.45, 2.75) is 66.3 Å². The van der Waals surface area contributed by atoms with Gasteiger partial charge in [0.1, 0.15) is 11.3 Å². The Morgan fingerprint density at radius 2 is 1.60 bits per heavy atom. The van der Waals surface area contributed by atoms with Crippen LogP contribution >= 0.6 is 28.3 Å². The maximum atomic E-state index is 9.02. The molecule has 0 aliphatic heterocycles. The van der Waals surface area contributed by atoms with E-state index in [4.69, 9.17) is 10.4 Å². The first-order chi connectivity index (χ1) is 13.9. The molecule has 6 heteroatoms. The maximum Gasteiger partial charge on any atom is 0.151 e. The number of nitrogens with one attached hydrogen (secondary N) is 1. The zero-order chi connectivity index (χ0) is 20.9. The fraction of sp³-hybridized carbons (Fsp3) is 0.417. The second-order valence-corrected chi connectivity index (χ2v) is 9.14. The molecule has 4 aromatic rings. The molecule has 0 atom stereocenters. The van der Waals surface area contributed by atoms with Crippen molar-refractivity contribution in [3.8, 4) is 11.1 Å². The van der Waals surface area contributed by atoms with Crippen molar-refractivity contribution >= 4 is 45.1 Å². The fourth-order valence-corrected chi connectivity index (χ4v) is 5.53. The molecular formula is C24H30BrClN4. The van der Waals surface area contributed by atoms with E-state index in [0.29, 0.717) is 11.5 Å². The highest BCUT2D eigenvalue weighted by Crippen LogP contribution is 2.36. The number of aromatic nitrogens is 3. The van der Waals surface area contributed by atoms with Gasteiger partial charge < -0.3 is 4.57 Å². The lowest BCUT2D eigenvalue weighted by Crippen LogP contribution is -2.21. The molecule has 0 saturated heterocycles. The quantitative estimate of drug-likeness (QED) is 0.308. The van der Waals surface area contributed by atoms with Crippen LogP contribution in [0.5, 0.6) is 0 Å². The van der Waals surface area contributed by atoms with Crippen LogP contribution < -0.4 is 5.49 Å². The van der Waals surface area contributed by atoms with Gasteiger partial charge in [0.2, 0.25) is 0 Å². The summed E-state index contributed by atoms with van der Waals surface area (Å²) in [5, 5.41) is 9.02. The van der Waals surface area contributed by atoms with E-state index in [9.17, 15) is 0 Å². The van der Waals surface area contributed by atoms with Gasteiger partial charge in [0.05, 0.1) is 5.52 Å². The molecule has 0 amide bonds. The van der Waals surface area contributed by atoms with E-state index in [1.807, 2.05) is 0 Å². The summed E-state index contributed by atoms with van der Waals surface area (Å²) in [4.78, 5) is 4.93. The van der Waals surface area contributed by atoms with E-state index in [1.54, 1.807) is 0 Å². The van der Waals surface area contributed by atoms with Crippen molar-refractivity contribution in [2.75, 3.05) is 0 Å². The van der Waals surface area contributed by atoms with E-state index >= 15 is 0 Å². The van der Waals surface area contributed by atoms with Crippen LogP contribution in [0.3, 0.4) is 0 Å². The molecule has 4 nitrogen and oxygen atoms in total. The monoisotopic (exact) mass is 488 g/mol. The Kier molecular flexibility index (Phi) is 6.63. The van der Waals surface area contributed by atoms with Gasteiger partial charge in [-0.1, -0.05) is 42.6 Å². The van der Waals surface area contributed by atoms with Crippen LogP contribution in [-0.2, 0) is 0 Å². The molecule has 30 heavy (non-hydrogen) atoms. The van der Waals surface area contributed by atoms with Crippen LogP contribution in [0.25, 0.3) is 27.9 Å². The van der Waals surface area contributed by atoms with E-state index in [0.717, 1.165) is 58.2 Å². The predicted octanol–water partition coefficient (Wildman–Crippen LogP) is 7.12. The van der Waals surface area contributed by atoms with Gasteiger partial charge in [-0.3, -0.25) is 9.81 Å². The second-order valence-electron chi connectivity index (χ2n) is 8.22. The minimum absolute atomic E-state index is 0. The number of aryl methyl sites for hydroxylation is 3. The highest BCUT2D eigenvalue weighted by Gasteiger charge is 2.23. The van der Waals surface area contributed by atoms with Gasteiger partial charge in [0.15, 0.2) is 5.49 Å². The summed E-state index contributed by atoms with van der Waals surface area (Å²) < 4.78 is 5.54. The standard InChI is InChI=1S/C24H29BrN4.ClH/c1-6-8-18(9-7-2)28-21-12-16(5)27-24-19(13-20(23(28)26)29(21)24)22-14(3)10-17(25)11-15(22)4;/h10-13,18,26H,6-9H2,1-5H3;1H. The summed E-state index contributed by atoms with van der Waals surface area (Å²) in [7, 11) is 0. The first kappa shape index (κ1) is 22.8. The molecule has 0 radical (unpaired) electrons. The number of hydrogen-bond acceptors (Lipinski definition) is 2. The Bertz CT molecular complexity index is 1220. The fourth-order valence-electron chi connectivity index (χ4n) is 4.84. The molecule has 160 valence electrons. The van der Waals surface area contributed by atoms with Gasteiger partial charge in [-0.15, -0.1) is 12.4 Å². The van der Waals surface area contributed by atoms with Crippen LogP contribution in [0.15, 0.2) is 28.7 Å². The third-order valence-corrected chi connectivity index (χ3v) is 6.39. The Morgan fingerprint density at radius 1 is 1.00 bits per heavy atom. The van der Waals surface area contributed by atoms with Crippen LogP contribution in [-0.4, -0.2) is 14.0 Å². The van der Waals surface area contributed by atoms with Crippen molar-refractivity contribution in [2.24, 2.45) is 0 Å². The lowest BCUT2D eigenvalue weighted by atomic mass is 9.97. The molecule has 1 N–H and O–H groups in total. The average Bonchev–Trinajstić information content (AvgIpc) is 3.13. The molecule has 0 unspecified atom stereocenters. The third kappa shape index (κ3) is 3.56. The number of imidazole rings is 1. The number of hydrogen-bond donors (Lipinski definition) is 1. The summed E-state index contributed by atoms with van der Waals surface area (Å²) in [6.45, 7) is 10.8. The zero-order valence-electron chi connectivity index (χ0n) is 18.3. The summed E-state index contributed by atoms with van der Waals surface area (Å²) in [6.07, 6.45) is 4.45. The molecule has 0 fully saturated rings. The first-order valence-electron chi connectivity index (χ1n) is 10.6. The van der Waals surface area contributed by atoms with Gasteiger partial charge in [-0.2, -0.15) is 0 Å². The summed E-state index contributed by atoms with van der Waals surface area (Å²) >= 11 is 3.61. The van der Waals surface area contributed by atoms with Crippen LogP contribution in [0.1, 0.15) is 62.4 Å². The molecule has 0 aliphatic rings. The highest BCUT2D eigenvalue weighted by molar-refractivity contribution is 9.10. The minimum atomic E-state index is 0. The smallest absolute Gasteiger partial charge is 0.151 e. The zero-order valence-corrected chi connectivity index (χ0v) is 20.7. The Hall–Kier alpha value is -1.85. The summed E-state index contributed by atoms with van der Waals surface area (Å²) in [5.74, 6) is 0. The number of benzene rings is 1. The molecular weight excluding hydrogens is 460 g/mol. The molecule has 0 aliphatic carbocycles. The highest BCUT2D eigenvalue weighted by atomic mass is 79.9. The van der Waals surface area contributed by atoms with Gasteiger partial charge in [0, 0.05) is 27.8 Å². The average molecular weight is 490 g/mol. The van der Waals surface area contributed by atoms with Gasteiger partial charge >= 0.3 is 0 Å². The molecule has 0 spiro atoms. The largest absolute Gasteiger partial charge is 0.308 e. The lowest BCUT2D eigenvalue weighted by molar-refractivity contribution is 0.424. The van der Waals surface area contributed by atoms with Crippen LogP contribution in [0, 0.1) is 26.2 Å². The van der Waals surface area contributed by atoms with Crippen molar-refractivity contribution in [3.05, 3.63) is 51.0 Å². The number of nitrogens with zero attached hydrogens (tertiary/aromatic N) is 3.